The topological polar surface area (TPSA) is 447 Å². The van der Waals surface area contributed by atoms with Crippen LogP contribution < -0.4 is 53.0 Å². The van der Waals surface area contributed by atoms with Gasteiger partial charge in [0, 0.05) is 72.9 Å². The Hall–Kier alpha value is -8.26. The largest absolute Gasteiger partial charge is 0.610 e. The van der Waals surface area contributed by atoms with Crippen LogP contribution in [0.4, 0.5) is 9.59 Å². The number of aliphatic hydroxyl groups is 1. The molecule has 0 spiro atoms. The molecule has 32 heteroatoms. The molecule has 83 heavy (non-hydrogen) atoms. The summed E-state index contributed by atoms with van der Waals surface area (Å²) in [6.45, 7) is 2.75. The van der Waals surface area contributed by atoms with Crippen LogP contribution in [0.5, 0.6) is 5.75 Å². The summed E-state index contributed by atoms with van der Waals surface area (Å²) in [5, 5.41) is 31.5. The van der Waals surface area contributed by atoms with Crippen molar-refractivity contribution in [1.82, 2.24) is 57.5 Å². The van der Waals surface area contributed by atoms with Gasteiger partial charge >= 0.3 is 12.2 Å². The molecule has 1 aromatic carbocycles. The van der Waals surface area contributed by atoms with Gasteiger partial charge in [0.2, 0.25) is 58.2 Å². The molecule has 12 amide bonds. The van der Waals surface area contributed by atoms with E-state index in [1.165, 1.54) is 6.92 Å². The van der Waals surface area contributed by atoms with Gasteiger partial charge in [-0.2, -0.15) is 0 Å². The number of nitrogens with one attached hydrogen (secondary N) is 9. The fraction of sp³-hybridized carbons (Fsp3) is 0.588. The highest BCUT2D eigenvalue weighted by Gasteiger charge is 2.47. The van der Waals surface area contributed by atoms with Gasteiger partial charge in [0.25, 0.3) is 11.8 Å². The zero-order valence-corrected chi connectivity index (χ0v) is 46.5. The fourth-order valence-electron chi connectivity index (χ4n) is 9.94. The third kappa shape index (κ3) is 16.1. The van der Waals surface area contributed by atoms with Crippen molar-refractivity contribution in [1.29, 1.82) is 0 Å². The number of H-pyrrole nitrogens is 1. The van der Waals surface area contributed by atoms with E-state index in [4.69, 9.17) is 24.8 Å². The van der Waals surface area contributed by atoms with Crippen molar-refractivity contribution in [2.45, 2.75) is 138 Å². The van der Waals surface area contributed by atoms with Gasteiger partial charge in [-0.05, 0) is 30.9 Å². The van der Waals surface area contributed by atoms with Gasteiger partial charge in [-0.25, -0.2) is 9.59 Å². The number of imide groups is 1. The summed E-state index contributed by atoms with van der Waals surface area (Å²) in [5.74, 6) is -12.6. The van der Waals surface area contributed by atoms with E-state index in [-0.39, 0.29) is 48.7 Å². The molecule has 1 aromatic heterocycles. The second-order valence-electron chi connectivity index (χ2n) is 20.7. The molecule has 11 atom stereocenters. The molecular weight excluding hydrogens is 1120 g/mol. The number of rotatable bonds is 15. The Balaban J connectivity index is 1.24. The van der Waals surface area contributed by atoms with Crippen molar-refractivity contribution in [3.8, 4) is 5.75 Å². The number of aliphatic hydroxyl groups excluding tert-OH is 1. The lowest BCUT2D eigenvalue weighted by atomic mass is 9.93. The number of carbonyl (C=O) groups is 13. The average molecular weight is 1190 g/mol. The summed E-state index contributed by atoms with van der Waals surface area (Å²) >= 11 is -2.43. The van der Waals surface area contributed by atoms with Crippen molar-refractivity contribution in [3.63, 3.8) is 0 Å². The van der Waals surface area contributed by atoms with E-state index in [2.05, 4.69) is 47.5 Å². The van der Waals surface area contributed by atoms with E-state index in [1.54, 1.807) is 32.0 Å². The Morgan fingerprint density at radius 2 is 1.54 bits per heavy atom. The van der Waals surface area contributed by atoms with Crippen LogP contribution >= 0.6 is 0 Å². The standard InChI is InChI=1S/C51H68N12O19S/c1-4-24(2)41-46(73)55-19-37(66)56-33-23-83(78)48-29(28-10-9-27(16-30(28)59-48)79-14-8-6-5-7-13-53-50(76)82-63-39(68)11-12-40(63)69)17-31(43(70)54-20-38(67)60-41)57-47(74)42(25(3)35-22-80-51(77)81-35)61-45(72)34-15-26(64)21-62(34)49(75)32(18-36(52)65)58-44(33)71/h9-10,16,24-26,31-35,41-42,59,64H,4-8,11-15,17-23H2,1-3H3,(H2,52,65)(H,53,76)(H,54,70)(H,55,73)(H,56,66)(H,57,74)(H,58,71)(H,60,67)(H,61,72)/t24-,25-,26?,31?,32-,33?,34-,35?,41-,42-,83?/m0/s1. The number of unbranched alkanes of at least 4 members (excludes halogenated alkanes) is 3. The number of aromatic amines is 1. The Labute approximate surface area is 477 Å². The molecular formula is C51H68N12O19S. The first-order valence-corrected chi connectivity index (χ1v) is 28.5. The highest BCUT2D eigenvalue weighted by Crippen LogP contribution is 2.32. The lowest BCUT2D eigenvalue weighted by Crippen LogP contribution is -2.62. The number of hydroxylamine groups is 2. The average Bonchev–Trinajstić information content (AvgIpc) is 4.20. The van der Waals surface area contributed by atoms with Gasteiger partial charge in [0.1, 0.15) is 54.4 Å². The van der Waals surface area contributed by atoms with E-state index < -0.39 is 193 Å². The van der Waals surface area contributed by atoms with Crippen LogP contribution in [0, 0.1) is 11.8 Å². The minimum atomic E-state index is -2.43. The zero-order chi connectivity index (χ0) is 60.2. The Morgan fingerprint density at radius 1 is 0.843 bits per heavy atom. The smallest absolute Gasteiger partial charge is 0.508 e. The summed E-state index contributed by atoms with van der Waals surface area (Å²) in [4.78, 5) is 183. The van der Waals surface area contributed by atoms with Gasteiger partial charge in [-0.1, -0.05) is 40.0 Å². The number of fused-ring (bicyclic) bond motifs is 5. The zero-order valence-electron chi connectivity index (χ0n) is 45.7. The molecule has 6 heterocycles. The van der Waals surface area contributed by atoms with E-state index in [9.17, 15) is 67.4 Å². The first-order valence-electron chi connectivity index (χ1n) is 27.1. The van der Waals surface area contributed by atoms with Crippen molar-refractivity contribution in [3.05, 3.63) is 23.8 Å². The normalized spacial score (nSPS) is 26.9. The summed E-state index contributed by atoms with van der Waals surface area (Å²) in [7, 11) is 0. The maximum absolute atomic E-state index is 15.1. The van der Waals surface area contributed by atoms with Gasteiger partial charge in [0.15, 0.2) is 6.04 Å². The molecule has 0 aliphatic carbocycles. The number of carbonyl (C=O) groups excluding carboxylic acids is 13. The molecule has 2 bridgehead atoms. The molecule has 5 aliphatic rings. The first kappa shape index (κ1) is 62.3. The predicted molar refractivity (Wildman–Crippen MR) is 283 cm³/mol. The van der Waals surface area contributed by atoms with Crippen LogP contribution in [-0.4, -0.2) is 195 Å². The fourth-order valence-corrected chi connectivity index (χ4v) is 11.3. The lowest BCUT2D eigenvalue weighted by molar-refractivity contribution is -0.171. The van der Waals surface area contributed by atoms with Gasteiger partial charge in [0.05, 0.1) is 37.7 Å². The van der Waals surface area contributed by atoms with Crippen LogP contribution in [-0.2, 0) is 84.6 Å². The Bertz CT molecular complexity index is 2850. The van der Waals surface area contributed by atoms with Gasteiger partial charge in [-0.3, -0.25) is 52.7 Å². The third-order valence-corrected chi connectivity index (χ3v) is 16.2. The number of aromatic nitrogens is 1. The summed E-state index contributed by atoms with van der Waals surface area (Å²) in [6.07, 6.45) is -3.76. The van der Waals surface area contributed by atoms with Crippen molar-refractivity contribution in [2.75, 3.05) is 45.1 Å². The minimum Gasteiger partial charge on any atom is -0.610 e. The molecule has 31 nitrogen and oxygen atoms in total. The monoisotopic (exact) mass is 1180 g/mol. The maximum Gasteiger partial charge on any atom is 0.508 e. The molecule has 452 valence electrons. The number of hydrogen-bond acceptors (Lipinski definition) is 19. The number of nitrogens with zero attached hydrogens (tertiary/aromatic N) is 2. The van der Waals surface area contributed by atoms with Crippen LogP contribution in [0.15, 0.2) is 23.2 Å². The molecule has 3 saturated heterocycles. The van der Waals surface area contributed by atoms with Crippen LogP contribution in [0.2, 0.25) is 0 Å². The summed E-state index contributed by atoms with van der Waals surface area (Å²) in [6, 6.07) is -5.32. The van der Waals surface area contributed by atoms with Gasteiger partial charge < -0.3 is 86.9 Å². The molecule has 3 fully saturated rings. The van der Waals surface area contributed by atoms with E-state index >= 15 is 4.55 Å². The highest BCUT2D eigenvalue weighted by atomic mass is 32.2. The number of primary amides is 1. The number of cyclic esters (lactones) is 2. The van der Waals surface area contributed by atoms with E-state index in [0.29, 0.717) is 48.3 Å². The molecule has 5 unspecified atom stereocenters. The first-order chi connectivity index (χ1) is 39.5. The third-order valence-electron chi connectivity index (χ3n) is 14.7. The SMILES string of the molecule is CC[C@H](C)[C@@H]1NC(=O)CNC(=O)C2Cc3c([nH]c4cc(OCCCCCCNC(=O)ON5C(=O)CCC5=O)ccc34)[S+]([O-])CC(NC(=O)CNC1=O)C(=O)N[C@@H](CC(N)=O)C(=O)N1CC(O)C[C@H]1C(=O)N[C@@H]([C@@H](C)C1COC(=O)O1)C(=O)N2. The highest BCUT2D eigenvalue weighted by molar-refractivity contribution is 7.91. The summed E-state index contributed by atoms with van der Waals surface area (Å²) < 4.78 is 31.4. The van der Waals surface area contributed by atoms with E-state index in [1.807, 2.05) is 0 Å². The van der Waals surface area contributed by atoms with Crippen LogP contribution in [0.1, 0.15) is 84.1 Å². The number of nitrogens with two attached hydrogens (primary N) is 1. The van der Waals surface area contributed by atoms with Crippen molar-refractivity contribution >= 4 is 99.3 Å². The number of benzene rings is 1. The molecule has 12 N–H and O–H groups in total. The quantitative estimate of drug-likeness (QED) is 0.0354. The van der Waals surface area contributed by atoms with Crippen molar-refractivity contribution in [2.24, 2.45) is 17.6 Å². The minimum absolute atomic E-state index is 0.0400. The number of hydrogen-bond donors (Lipinski definition) is 11. The van der Waals surface area contributed by atoms with Crippen LogP contribution in [0.25, 0.3) is 10.9 Å². The molecule has 7 rings (SSSR count). The van der Waals surface area contributed by atoms with Gasteiger partial charge in [-0.15, -0.1) is 5.06 Å². The Morgan fingerprint density at radius 3 is 2.23 bits per heavy atom. The maximum atomic E-state index is 15.1. The molecule has 2 aromatic rings. The molecule has 0 saturated carbocycles. The molecule has 5 aliphatic heterocycles. The van der Waals surface area contributed by atoms with Crippen LogP contribution in [0.3, 0.4) is 0 Å². The summed E-state index contributed by atoms with van der Waals surface area (Å²) in [5.41, 5.74) is 5.94. The van der Waals surface area contributed by atoms with E-state index in [0.717, 1.165) is 4.90 Å². The second-order valence-corrected chi connectivity index (χ2v) is 22.2. The molecule has 0 radical (unpaired) electrons. The predicted octanol–water partition coefficient (Wildman–Crippen LogP) is -3.71. The second kappa shape index (κ2) is 28.1. The number of amides is 12. The Kier molecular flexibility index (Phi) is 21.1. The lowest BCUT2D eigenvalue weighted by Gasteiger charge is -2.32. The number of ether oxygens (including phenoxy) is 3. The van der Waals surface area contributed by atoms with Crippen molar-refractivity contribution < 1.29 is 91.0 Å².